The molecule has 0 saturated carbocycles. The highest BCUT2D eigenvalue weighted by Gasteiger charge is 2.15. The minimum Gasteiger partial charge on any atom is -0.309 e. The lowest BCUT2D eigenvalue weighted by atomic mass is 9.97. The van der Waals surface area contributed by atoms with Crippen LogP contribution in [0, 0.1) is 0 Å². The average molecular weight is 599 g/mol. The standard InChI is InChI=1S/C45H30N2/c1-3-10-31(11-4-1)36-21-25-43-41(29-36)42-30-37(32-12-5-2-6-13-32)22-26-44(42)47(43)39-23-19-33(20-24-39)35-15-7-16-38(28-35)40-18-8-14-34-17-9-27-46-45(34)40/h1-30H. The molecule has 0 N–H and O–H groups in total. The number of pyridine rings is 1. The van der Waals surface area contributed by atoms with Gasteiger partial charge in [0.1, 0.15) is 0 Å². The molecule has 0 unspecified atom stereocenters. The van der Waals surface area contributed by atoms with Crippen molar-refractivity contribution in [2.24, 2.45) is 0 Å². The van der Waals surface area contributed by atoms with Crippen molar-refractivity contribution in [2.45, 2.75) is 0 Å². The smallest absolute Gasteiger partial charge is 0.0780 e. The van der Waals surface area contributed by atoms with E-state index in [1.165, 1.54) is 60.8 Å². The van der Waals surface area contributed by atoms with E-state index in [-0.39, 0.29) is 0 Å². The number of rotatable bonds is 5. The van der Waals surface area contributed by atoms with Crippen molar-refractivity contribution in [3.8, 4) is 50.2 Å². The van der Waals surface area contributed by atoms with Crippen LogP contribution in [-0.4, -0.2) is 9.55 Å². The normalized spacial score (nSPS) is 11.4. The Kier molecular flexibility index (Phi) is 6.50. The molecule has 0 spiro atoms. The second-order valence-corrected chi connectivity index (χ2v) is 12.0. The van der Waals surface area contributed by atoms with Crippen molar-refractivity contribution in [1.82, 2.24) is 9.55 Å². The fraction of sp³-hybridized carbons (Fsp3) is 0. The summed E-state index contributed by atoms with van der Waals surface area (Å²) in [4.78, 5) is 4.69. The van der Waals surface area contributed by atoms with Crippen LogP contribution in [0.3, 0.4) is 0 Å². The highest BCUT2D eigenvalue weighted by atomic mass is 15.0. The monoisotopic (exact) mass is 598 g/mol. The molecule has 0 aliphatic rings. The van der Waals surface area contributed by atoms with E-state index in [2.05, 4.69) is 174 Å². The highest BCUT2D eigenvalue weighted by molar-refractivity contribution is 6.11. The Labute approximate surface area is 273 Å². The van der Waals surface area contributed by atoms with Gasteiger partial charge >= 0.3 is 0 Å². The molecule has 0 aliphatic heterocycles. The number of benzene rings is 7. The van der Waals surface area contributed by atoms with Gasteiger partial charge in [0.15, 0.2) is 0 Å². The summed E-state index contributed by atoms with van der Waals surface area (Å²) in [5, 5.41) is 3.65. The Morgan fingerprint density at radius 2 is 0.872 bits per heavy atom. The second-order valence-electron chi connectivity index (χ2n) is 12.0. The van der Waals surface area contributed by atoms with Crippen LogP contribution >= 0.6 is 0 Å². The van der Waals surface area contributed by atoms with Gasteiger partial charge in [0.2, 0.25) is 0 Å². The fourth-order valence-corrected chi connectivity index (χ4v) is 6.93. The highest BCUT2D eigenvalue weighted by Crippen LogP contribution is 2.38. The predicted molar refractivity (Wildman–Crippen MR) is 198 cm³/mol. The van der Waals surface area contributed by atoms with Crippen LogP contribution in [-0.2, 0) is 0 Å². The van der Waals surface area contributed by atoms with E-state index >= 15 is 0 Å². The second kappa shape index (κ2) is 11.3. The first kappa shape index (κ1) is 27.1. The fourth-order valence-electron chi connectivity index (χ4n) is 6.93. The van der Waals surface area contributed by atoms with E-state index in [4.69, 9.17) is 4.98 Å². The SMILES string of the molecule is c1ccc(-c2ccc3c(c2)c2cc(-c4ccccc4)ccc2n3-c2ccc(-c3cccc(-c4cccc5cccnc45)c3)cc2)cc1. The molecule has 220 valence electrons. The quantitative estimate of drug-likeness (QED) is 0.193. The summed E-state index contributed by atoms with van der Waals surface area (Å²) < 4.78 is 2.40. The molecule has 9 aromatic rings. The lowest BCUT2D eigenvalue weighted by Gasteiger charge is -2.11. The maximum atomic E-state index is 4.69. The summed E-state index contributed by atoms with van der Waals surface area (Å²) in [7, 11) is 0. The van der Waals surface area contributed by atoms with Gasteiger partial charge in [-0.2, -0.15) is 0 Å². The maximum Gasteiger partial charge on any atom is 0.0780 e. The molecule has 9 rings (SSSR count). The van der Waals surface area contributed by atoms with Gasteiger partial charge in [-0.1, -0.05) is 127 Å². The Bertz CT molecular complexity index is 2440. The Morgan fingerprint density at radius 3 is 1.53 bits per heavy atom. The van der Waals surface area contributed by atoms with Crippen molar-refractivity contribution in [2.75, 3.05) is 0 Å². The molecule has 0 fully saturated rings. The van der Waals surface area contributed by atoms with Gasteiger partial charge in [0, 0.05) is 33.6 Å². The summed E-state index contributed by atoms with van der Waals surface area (Å²) in [5.41, 5.74) is 14.1. The largest absolute Gasteiger partial charge is 0.309 e. The van der Waals surface area contributed by atoms with Gasteiger partial charge in [-0.05, 0) is 87.5 Å². The van der Waals surface area contributed by atoms with E-state index in [0.717, 1.165) is 22.2 Å². The number of aromatic nitrogens is 2. The minimum atomic E-state index is 1.03. The molecule has 2 aromatic heterocycles. The molecule has 2 nitrogen and oxygen atoms in total. The first-order valence-electron chi connectivity index (χ1n) is 16.0. The summed E-state index contributed by atoms with van der Waals surface area (Å²) in [6.45, 7) is 0. The Balaban J connectivity index is 1.16. The van der Waals surface area contributed by atoms with Gasteiger partial charge in [-0.15, -0.1) is 0 Å². The van der Waals surface area contributed by atoms with Gasteiger partial charge < -0.3 is 4.57 Å². The van der Waals surface area contributed by atoms with Crippen LogP contribution < -0.4 is 0 Å². The van der Waals surface area contributed by atoms with Crippen LogP contribution in [0.15, 0.2) is 182 Å². The van der Waals surface area contributed by atoms with Crippen molar-refractivity contribution in [3.05, 3.63) is 182 Å². The van der Waals surface area contributed by atoms with Crippen LogP contribution in [0.5, 0.6) is 0 Å². The van der Waals surface area contributed by atoms with E-state index in [1.807, 2.05) is 12.3 Å². The molecule has 0 amide bonds. The molecule has 0 bridgehead atoms. The summed E-state index contributed by atoms with van der Waals surface area (Å²) in [6.07, 6.45) is 1.87. The van der Waals surface area contributed by atoms with Crippen LogP contribution in [0.4, 0.5) is 0 Å². The molecular weight excluding hydrogens is 569 g/mol. The summed E-state index contributed by atoms with van der Waals surface area (Å²) in [6, 6.07) is 63.3. The minimum absolute atomic E-state index is 1.03. The zero-order valence-electron chi connectivity index (χ0n) is 25.7. The van der Waals surface area contributed by atoms with Gasteiger partial charge in [0.25, 0.3) is 0 Å². The zero-order valence-corrected chi connectivity index (χ0v) is 25.7. The molecule has 2 heterocycles. The maximum absolute atomic E-state index is 4.69. The van der Waals surface area contributed by atoms with Gasteiger partial charge in [-0.25, -0.2) is 0 Å². The van der Waals surface area contributed by atoms with Gasteiger partial charge in [-0.3, -0.25) is 4.98 Å². The molecule has 0 saturated heterocycles. The zero-order chi connectivity index (χ0) is 31.2. The number of hydrogen-bond acceptors (Lipinski definition) is 1. The van der Waals surface area contributed by atoms with Crippen molar-refractivity contribution < 1.29 is 0 Å². The molecule has 0 radical (unpaired) electrons. The van der Waals surface area contributed by atoms with E-state index < -0.39 is 0 Å². The first-order chi connectivity index (χ1) is 23.3. The van der Waals surface area contributed by atoms with Crippen LogP contribution in [0.2, 0.25) is 0 Å². The van der Waals surface area contributed by atoms with E-state index in [1.54, 1.807) is 0 Å². The Hall–Kier alpha value is -6.25. The number of hydrogen-bond donors (Lipinski definition) is 0. The van der Waals surface area contributed by atoms with Gasteiger partial charge in [0.05, 0.1) is 16.6 Å². The third-order valence-electron chi connectivity index (χ3n) is 9.24. The molecular formula is C45H30N2. The van der Waals surface area contributed by atoms with Crippen LogP contribution in [0.1, 0.15) is 0 Å². The number of para-hydroxylation sites is 1. The van der Waals surface area contributed by atoms with E-state index in [9.17, 15) is 0 Å². The molecule has 0 aliphatic carbocycles. The first-order valence-corrected chi connectivity index (χ1v) is 16.0. The number of nitrogens with zero attached hydrogens (tertiary/aromatic N) is 2. The summed E-state index contributed by atoms with van der Waals surface area (Å²) in [5.74, 6) is 0. The van der Waals surface area contributed by atoms with Crippen molar-refractivity contribution in [1.29, 1.82) is 0 Å². The predicted octanol–water partition coefficient (Wildman–Crippen LogP) is 12.0. The third-order valence-corrected chi connectivity index (χ3v) is 9.24. The van der Waals surface area contributed by atoms with Crippen LogP contribution in [0.25, 0.3) is 82.9 Å². The molecule has 47 heavy (non-hydrogen) atoms. The molecule has 7 aromatic carbocycles. The summed E-state index contributed by atoms with van der Waals surface area (Å²) >= 11 is 0. The third kappa shape index (κ3) is 4.79. The lowest BCUT2D eigenvalue weighted by molar-refractivity contribution is 1.18. The van der Waals surface area contributed by atoms with E-state index in [0.29, 0.717) is 0 Å². The topological polar surface area (TPSA) is 17.8 Å². The number of fused-ring (bicyclic) bond motifs is 4. The Morgan fingerprint density at radius 1 is 0.362 bits per heavy atom. The van der Waals surface area contributed by atoms with Crippen molar-refractivity contribution >= 4 is 32.7 Å². The molecule has 0 atom stereocenters. The van der Waals surface area contributed by atoms with Crippen molar-refractivity contribution in [3.63, 3.8) is 0 Å². The average Bonchev–Trinajstić information content (AvgIpc) is 3.48. The lowest BCUT2D eigenvalue weighted by Crippen LogP contribution is -1.94. The molecule has 2 heteroatoms.